The van der Waals surface area contributed by atoms with Gasteiger partial charge in [0.25, 0.3) is 0 Å². The first-order chi connectivity index (χ1) is 10.5. The molecule has 4 nitrogen and oxygen atoms in total. The Bertz CT molecular complexity index is 815. The number of aryl methyl sites for hydroxylation is 1. The Morgan fingerprint density at radius 2 is 1.87 bits per heavy atom. The number of rotatable bonds is 4. The van der Waals surface area contributed by atoms with E-state index in [0.29, 0.717) is 17.6 Å². The summed E-state index contributed by atoms with van der Waals surface area (Å²) in [6, 6.07) is 4.85. The lowest BCUT2D eigenvalue weighted by atomic mass is 10.2. The zero-order valence-corrected chi connectivity index (χ0v) is 13.7. The molecule has 1 unspecified atom stereocenters. The third-order valence-electron chi connectivity index (χ3n) is 3.06. The highest BCUT2D eigenvalue weighted by Crippen LogP contribution is 2.36. The van der Waals surface area contributed by atoms with Gasteiger partial charge in [-0.1, -0.05) is 11.6 Å². The maximum atomic E-state index is 13.1. The molecule has 0 aliphatic rings. The summed E-state index contributed by atoms with van der Waals surface area (Å²) in [7, 11) is -4.42. The second-order valence-corrected chi connectivity index (χ2v) is 7.05. The molecule has 1 aromatic carbocycles. The zero-order chi connectivity index (χ0) is 17.4. The van der Waals surface area contributed by atoms with Crippen molar-refractivity contribution in [1.29, 1.82) is 0 Å². The van der Waals surface area contributed by atoms with Crippen LogP contribution < -0.4 is 4.72 Å². The summed E-state index contributed by atoms with van der Waals surface area (Å²) in [4.78, 5) is -0.885. The summed E-state index contributed by atoms with van der Waals surface area (Å²) >= 11 is 5.55. The smallest absolute Gasteiger partial charge is 0.417 e. The summed E-state index contributed by atoms with van der Waals surface area (Å²) in [6.45, 7) is 3.14. The molecular formula is C14H13ClF3NO3S. The van der Waals surface area contributed by atoms with Gasteiger partial charge in [-0.25, -0.2) is 13.1 Å². The molecule has 0 aliphatic carbocycles. The molecule has 2 aromatic rings. The van der Waals surface area contributed by atoms with Crippen LogP contribution in [0.1, 0.15) is 30.0 Å². The van der Waals surface area contributed by atoms with Crippen LogP contribution in [0.15, 0.2) is 39.6 Å². The van der Waals surface area contributed by atoms with E-state index in [1.54, 1.807) is 19.1 Å². The van der Waals surface area contributed by atoms with Crippen LogP contribution in [0.4, 0.5) is 13.2 Å². The molecule has 0 radical (unpaired) electrons. The lowest BCUT2D eigenvalue weighted by Gasteiger charge is -2.16. The van der Waals surface area contributed by atoms with E-state index in [4.69, 9.17) is 16.0 Å². The predicted molar refractivity (Wildman–Crippen MR) is 78.6 cm³/mol. The van der Waals surface area contributed by atoms with Crippen molar-refractivity contribution in [2.24, 2.45) is 0 Å². The number of furan rings is 1. The van der Waals surface area contributed by atoms with Crippen molar-refractivity contribution in [3.8, 4) is 0 Å². The van der Waals surface area contributed by atoms with Crippen LogP contribution in [0.25, 0.3) is 0 Å². The summed E-state index contributed by atoms with van der Waals surface area (Å²) in [5.74, 6) is 0.863. The van der Waals surface area contributed by atoms with E-state index in [1.165, 1.54) is 6.92 Å². The lowest BCUT2D eigenvalue weighted by Crippen LogP contribution is -2.28. The SMILES string of the molecule is Cc1ccc(C(C)NS(=O)(=O)c2ccc(Cl)cc2C(F)(F)F)o1. The van der Waals surface area contributed by atoms with Crippen LogP contribution in [0.3, 0.4) is 0 Å². The van der Waals surface area contributed by atoms with Gasteiger partial charge in [-0.15, -0.1) is 0 Å². The van der Waals surface area contributed by atoms with E-state index in [1.807, 2.05) is 0 Å². The van der Waals surface area contributed by atoms with Crippen LogP contribution in [0.2, 0.25) is 5.02 Å². The van der Waals surface area contributed by atoms with Gasteiger partial charge >= 0.3 is 6.18 Å². The molecular weight excluding hydrogens is 355 g/mol. The van der Waals surface area contributed by atoms with Gasteiger partial charge < -0.3 is 4.42 Å². The molecule has 2 rings (SSSR count). The summed E-state index contributed by atoms with van der Waals surface area (Å²) in [5, 5.41) is -0.203. The number of nitrogens with one attached hydrogen (secondary N) is 1. The van der Waals surface area contributed by atoms with Gasteiger partial charge in [-0.05, 0) is 44.2 Å². The molecule has 0 amide bonds. The first-order valence-electron chi connectivity index (χ1n) is 6.46. The molecule has 0 fully saturated rings. The normalized spacial score (nSPS) is 14.0. The molecule has 1 N–H and O–H groups in total. The zero-order valence-electron chi connectivity index (χ0n) is 12.1. The predicted octanol–water partition coefficient (Wildman–Crippen LogP) is 4.30. The maximum Gasteiger partial charge on any atom is 0.417 e. The molecule has 0 spiro atoms. The Morgan fingerprint density at radius 1 is 1.22 bits per heavy atom. The molecule has 0 aliphatic heterocycles. The number of sulfonamides is 1. The summed E-state index contributed by atoms with van der Waals surface area (Å²) < 4.78 is 71.2. The van der Waals surface area contributed by atoms with Crippen molar-refractivity contribution in [3.63, 3.8) is 0 Å². The average Bonchev–Trinajstić information content (AvgIpc) is 2.83. The Labute approximate surface area is 136 Å². The number of halogens is 4. The third kappa shape index (κ3) is 4.07. The minimum Gasteiger partial charge on any atom is -0.465 e. The van der Waals surface area contributed by atoms with Gasteiger partial charge in [0, 0.05) is 5.02 Å². The van der Waals surface area contributed by atoms with Gasteiger partial charge in [0.1, 0.15) is 11.5 Å². The second-order valence-electron chi connectivity index (χ2n) is 4.93. The van der Waals surface area contributed by atoms with Crippen LogP contribution in [-0.2, 0) is 16.2 Å². The highest BCUT2D eigenvalue weighted by atomic mass is 35.5. The Hall–Kier alpha value is -1.51. The minimum absolute atomic E-state index is 0.203. The fourth-order valence-electron chi connectivity index (χ4n) is 2.00. The second kappa shape index (κ2) is 6.18. The van der Waals surface area contributed by atoms with Crippen molar-refractivity contribution >= 4 is 21.6 Å². The van der Waals surface area contributed by atoms with Crippen molar-refractivity contribution in [1.82, 2.24) is 4.72 Å². The summed E-state index contributed by atoms with van der Waals surface area (Å²) in [6.07, 6.45) is -4.85. The maximum absolute atomic E-state index is 13.1. The highest BCUT2D eigenvalue weighted by molar-refractivity contribution is 7.89. The monoisotopic (exact) mass is 367 g/mol. The Kier molecular flexibility index (Phi) is 4.79. The van der Waals surface area contributed by atoms with E-state index in [-0.39, 0.29) is 5.02 Å². The Balaban J connectivity index is 2.40. The Morgan fingerprint density at radius 3 is 2.39 bits per heavy atom. The van der Waals surface area contributed by atoms with Gasteiger partial charge in [-0.3, -0.25) is 0 Å². The molecule has 23 heavy (non-hydrogen) atoms. The topological polar surface area (TPSA) is 59.3 Å². The fraction of sp³-hybridized carbons (Fsp3) is 0.286. The number of alkyl halides is 3. The van der Waals surface area contributed by atoms with E-state index in [0.717, 1.165) is 12.1 Å². The van der Waals surface area contributed by atoms with E-state index in [9.17, 15) is 21.6 Å². The van der Waals surface area contributed by atoms with Crippen molar-refractivity contribution in [3.05, 3.63) is 52.4 Å². The first-order valence-corrected chi connectivity index (χ1v) is 8.32. The standard InChI is InChI=1S/C14H13ClF3NO3S/c1-8-3-5-12(22-8)9(2)19-23(20,21)13-6-4-10(15)7-11(13)14(16,17)18/h3-7,9,19H,1-2H3. The molecule has 9 heteroatoms. The van der Waals surface area contributed by atoms with Gasteiger partial charge in [0.15, 0.2) is 0 Å². The molecule has 1 atom stereocenters. The van der Waals surface area contributed by atoms with Gasteiger partial charge in [0.05, 0.1) is 16.5 Å². The van der Waals surface area contributed by atoms with Crippen molar-refractivity contribution in [2.75, 3.05) is 0 Å². The van der Waals surface area contributed by atoms with E-state index >= 15 is 0 Å². The van der Waals surface area contributed by atoms with E-state index in [2.05, 4.69) is 4.72 Å². The molecule has 1 heterocycles. The molecule has 0 saturated carbocycles. The quantitative estimate of drug-likeness (QED) is 0.876. The molecule has 0 bridgehead atoms. The first kappa shape index (κ1) is 17.8. The van der Waals surface area contributed by atoms with Crippen molar-refractivity contribution < 1.29 is 26.0 Å². The van der Waals surface area contributed by atoms with Crippen molar-refractivity contribution in [2.45, 2.75) is 31.0 Å². The van der Waals surface area contributed by atoms with E-state index < -0.39 is 32.7 Å². The van der Waals surface area contributed by atoms with Crippen LogP contribution in [0, 0.1) is 6.92 Å². The minimum atomic E-state index is -4.85. The van der Waals surface area contributed by atoms with Crippen LogP contribution in [-0.4, -0.2) is 8.42 Å². The van der Waals surface area contributed by atoms with Gasteiger partial charge in [0.2, 0.25) is 10.0 Å². The van der Waals surface area contributed by atoms with Gasteiger partial charge in [-0.2, -0.15) is 13.2 Å². The average molecular weight is 368 g/mol. The largest absolute Gasteiger partial charge is 0.465 e. The molecule has 126 valence electrons. The summed E-state index contributed by atoms with van der Waals surface area (Å²) in [5.41, 5.74) is -1.32. The van der Waals surface area contributed by atoms with Crippen LogP contribution >= 0.6 is 11.6 Å². The molecule has 1 aromatic heterocycles. The highest BCUT2D eigenvalue weighted by Gasteiger charge is 2.38. The number of benzene rings is 1. The number of hydrogen-bond donors (Lipinski definition) is 1. The van der Waals surface area contributed by atoms with Crippen LogP contribution in [0.5, 0.6) is 0 Å². The number of hydrogen-bond acceptors (Lipinski definition) is 3. The lowest BCUT2D eigenvalue weighted by molar-refractivity contribution is -0.139. The molecule has 0 saturated heterocycles. The third-order valence-corrected chi connectivity index (χ3v) is 4.89. The fourth-order valence-corrected chi connectivity index (χ4v) is 3.59.